The highest BCUT2D eigenvalue weighted by Crippen LogP contribution is 2.21. The zero-order valence-corrected chi connectivity index (χ0v) is 11.1. The zero-order valence-electron chi connectivity index (χ0n) is 11.1. The molecule has 3 nitrogen and oxygen atoms in total. The molecule has 0 aliphatic heterocycles. The number of anilines is 1. The Bertz CT molecular complexity index is 395. The predicted molar refractivity (Wildman–Crippen MR) is 70.8 cm³/mol. The number of rotatable bonds is 7. The summed E-state index contributed by atoms with van der Waals surface area (Å²) in [5.41, 5.74) is 1.08. The zero-order chi connectivity index (χ0) is 13.5. The molecule has 0 N–H and O–H groups in total. The second-order valence-electron chi connectivity index (χ2n) is 4.30. The van der Waals surface area contributed by atoms with Crippen molar-refractivity contribution in [2.45, 2.75) is 26.3 Å². The van der Waals surface area contributed by atoms with Crippen LogP contribution < -0.4 is 4.90 Å². The van der Waals surface area contributed by atoms with Crippen molar-refractivity contribution in [3.63, 3.8) is 0 Å². The Balaban J connectivity index is 3.02. The van der Waals surface area contributed by atoms with Gasteiger partial charge in [0.25, 0.3) is 0 Å². The van der Waals surface area contributed by atoms with Crippen molar-refractivity contribution >= 4 is 12.0 Å². The highest BCUT2D eigenvalue weighted by molar-refractivity contribution is 5.77. The van der Waals surface area contributed by atoms with Gasteiger partial charge in [-0.05, 0) is 31.5 Å². The summed E-state index contributed by atoms with van der Waals surface area (Å²) in [6.07, 6.45) is 1.61. The van der Waals surface area contributed by atoms with Crippen LogP contribution in [0.5, 0.6) is 0 Å². The number of methoxy groups -OCH3 is 1. The Hall–Kier alpha value is -1.42. The molecule has 0 aliphatic rings. The molecule has 4 heteroatoms. The molecule has 0 radical (unpaired) electrons. The van der Waals surface area contributed by atoms with Gasteiger partial charge in [0.2, 0.25) is 0 Å². The summed E-state index contributed by atoms with van der Waals surface area (Å²) in [7, 11) is 1.64. The van der Waals surface area contributed by atoms with Crippen LogP contribution >= 0.6 is 0 Å². The monoisotopic (exact) mass is 253 g/mol. The van der Waals surface area contributed by atoms with E-state index >= 15 is 0 Å². The number of halogens is 1. The van der Waals surface area contributed by atoms with E-state index in [2.05, 4.69) is 18.7 Å². The summed E-state index contributed by atoms with van der Waals surface area (Å²) in [6.45, 7) is 5.39. The molecule has 0 amide bonds. The first-order chi connectivity index (χ1) is 8.62. The summed E-state index contributed by atoms with van der Waals surface area (Å²) >= 11 is 0. The van der Waals surface area contributed by atoms with E-state index in [1.807, 2.05) is 0 Å². The van der Waals surface area contributed by atoms with Crippen LogP contribution in [0.3, 0.4) is 0 Å². The molecule has 0 saturated heterocycles. The first-order valence-corrected chi connectivity index (χ1v) is 6.13. The quantitative estimate of drug-likeness (QED) is 0.700. The third kappa shape index (κ3) is 3.81. The van der Waals surface area contributed by atoms with Crippen molar-refractivity contribution in [1.29, 1.82) is 0 Å². The van der Waals surface area contributed by atoms with Crippen molar-refractivity contribution in [3.05, 3.63) is 29.6 Å². The number of carbonyl (C=O) groups excluding carboxylic acids is 1. The number of hydrogen-bond donors (Lipinski definition) is 0. The number of hydrogen-bond acceptors (Lipinski definition) is 3. The van der Waals surface area contributed by atoms with Gasteiger partial charge in [-0.1, -0.05) is 6.92 Å². The van der Waals surface area contributed by atoms with Gasteiger partial charge in [-0.2, -0.15) is 0 Å². The van der Waals surface area contributed by atoms with Crippen molar-refractivity contribution < 1.29 is 13.9 Å². The SMILES string of the molecule is CCC(C)N(CCOC)c1cc(F)cc(C=O)c1. The maximum atomic E-state index is 13.4. The first-order valence-electron chi connectivity index (χ1n) is 6.13. The Morgan fingerprint density at radius 3 is 2.72 bits per heavy atom. The second kappa shape index (κ2) is 7.11. The fraction of sp³-hybridized carbons (Fsp3) is 0.500. The number of ether oxygens (including phenoxy) is 1. The molecular weight excluding hydrogens is 233 g/mol. The summed E-state index contributed by atoms with van der Waals surface area (Å²) in [6, 6.07) is 4.66. The van der Waals surface area contributed by atoms with Gasteiger partial charge in [-0.15, -0.1) is 0 Å². The average molecular weight is 253 g/mol. The van der Waals surface area contributed by atoms with Crippen molar-refractivity contribution in [2.75, 3.05) is 25.2 Å². The van der Waals surface area contributed by atoms with Crippen molar-refractivity contribution in [2.24, 2.45) is 0 Å². The Morgan fingerprint density at radius 2 is 2.17 bits per heavy atom. The molecule has 1 rings (SSSR count). The molecule has 0 aliphatic carbocycles. The number of benzene rings is 1. The lowest BCUT2D eigenvalue weighted by atomic mass is 10.1. The van der Waals surface area contributed by atoms with Crippen molar-refractivity contribution in [3.8, 4) is 0 Å². The van der Waals surface area contributed by atoms with Crippen molar-refractivity contribution in [1.82, 2.24) is 0 Å². The second-order valence-corrected chi connectivity index (χ2v) is 4.30. The maximum Gasteiger partial charge on any atom is 0.150 e. The molecule has 18 heavy (non-hydrogen) atoms. The summed E-state index contributed by atoms with van der Waals surface area (Å²) < 4.78 is 18.5. The van der Waals surface area contributed by atoms with Crippen LogP contribution in [0.15, 0.2) is 18.2 Å². The van der Waals surface area contributed by atoms with Gasteiger partial charge in [-0.3, -0.25) is 4.79 Å². The molecule has 0 bridgehead atoms. The number of carbonyl (C=O) groups is 1. The Morgan fingerprint density at radius 1 is 1.44 bits per heavy atom. The van der Waals surface area contributed by atoms with E-state index in [9.17, 15) is 9.18 Å². The van der Waals surface area contributed by atoms with Gasteiger partial charge in [0.1, 0.15) is 12.1 Å². The number of aldehydes is 1. The Kier molecular flexibility index (Phi) is 5.78. The molecule has 0 spiro atoms. The predicted octanol–water partition coefficient (Wildman–Crippen LogP) is 2.89. The minimum absolute atomic E-state index is 0.265. The molecule has 0 aromatic heterocycles. The first kappa shape index (κ1) is 14.6. The highest BCUT2D eigenvalue weighted by atomic mass is 19.1. The third-order valence-corrected chi connectivity index (χ3v) is 3.03. The molecule has 0 fully saturated rings. The fourth-order valence-electron chi connectivity index (χ4n) is 1.84. The van der Waals surface area contributed by atoms with Crippen LogP contribution in [0.1, 0.15) is 30.6 Å². The standard InChI is InChI=1S/C14H20FNO2/c1-4-11(2)16(5-6-18-3)14-8-12(10-17)7-13(15)9-14/h7-11H,4-6H2,1-3H3. The summed E-state index contributed by atoms with van der Waals surface area (Å²) in [5, 5.41) is 0. The van der Waals surface area contributed by atoms with Gasteiger partial charge in [0, 0.05) is 30.9 Å². The van der Waals surface area contributed by atoms with Crippen LogP contribution in [0, 0.1) is 5.82 Å². The van der Waals surface area contributed by atoms with Gasteiger partial charge in [0.15, 0.2) is 0 Å². The van der Waals surface area contributed by atoms with Crippen LogP contribution in [0.25, 0.3) is 0 Å². The van der Waals surface area contributed by atoms with Gasteiger partial charge in [0.05, 0.1) is 6.61 Å². The average Bonchev–Trinajstić information content (AvgIpc) is 2.38. The summed E-state index contributed by atoms with van der Waals surface area (Å²) in [5.74, 6) is -0.389. The Labute approximate surface area is 108 Å². The molecule has 0 saturated carbocycles. The minimum atomic E-state index is -0.389. The van der Waals surface area contributed by atoms with E-state index in [0.717, 1.165) is 12.1 Å². The van der Waals surface area contributed by atoms with E-state index in [-0.39, 0.29) is 11.9 Å². The van der Waals surface area contributed by atoms with E-state index in [1.165, 1.54) is 12.1 Å². The fourth-order valence-corrected chi connectivity index (χ4v) is 1.84. The molecule has 1 atom stereocenters. The lowest BCUT2D eigenvalue weighted by Crippen LogP contribution is -2.35. The van der Waals surface area contributed by atoms with Crippen LogP contribution in [-0.2, 0) is 4.74 Å². The van der Waals surface area contributed by atoms with E-state index in [4.69, 9.17) is 4.74 Å². The number of nitrogens with zero attached hydrogens (tertiary/aromatic N) is 1. The summed E-state index contributed by atoms with van der Waals surface area (Å²) in [4.78, 5) is 12.8. The van der Waals surface area contributed by atoms with Gasteiger partial charge in [-0.25, -0.2) is 4.39 Å². The van der Waals surface area contributed by atoms with E-state index < -0.39 is 0 Å². The molecule has 0 heterocycles. The largest absolute Gasteiger partial charge is 0.383 e. The molecule has 1 aromatic rings. The van der Waals surface area contributed by atoms with Crippen LogP contribution in [-0.4, -0.2) is 32.6 Å². The third-order valence-electron chi connectivity index (χ3n) is 3.03. The maximum absolute atomic E-state index is 13.4. The van der Waals surface area contributed by atoms with Crippen LogP contribution in [0.2, 0.25) is 0 Å². The molecule has 1 unspecified atom stereocenters. The smallest absolute Gasteiger partial charge is 0.150 e. The topological polar surface area (TPSA) is 29.5 Å². The molecular formula is C14H20FNO2. The van der Waals surface area contributed by atoms with E-state index in [0.29, 0.717) is 25.0 Å². The molecule has 100 valence electrons. The van der Waals surface area contributed by atoms with Gasteiger partial charge < -0.3 is 9.64 Å². The molecule has 1 aromatic carbocycles. The van der Waals surface area contributed by atoms with E-state index in [1.54, 1.807) is 13.2 Å². The normalized spacial score (nSPS) is 12.2. The highest BCUT2D eigenvalue weighted by Gasteiger charge is 2.14. The minimum Gasteiger partial charge on any atom is -0.383 e. The lowest BCUT2D eigenvalue weighted by Gasteiger charge is -2.30. The van der Waals surface area contributed by atoms with Gasteiger partial charge >= 0.3 is 0 Å². The lowest BCUT2D eigenvalue weighted by molar-refractivity contribution is 0.112. The van der Waals surface area contributed by atoms with Crippen LogP contribution in [0.4, 0.5) is 10.1 Å².